The van der Waals surface area contributed by atoms with Crippen LogP contribution in [0.25, 0.3) is 0 Å². The molecule has 98 valence electrons. The summed E-state index contributed by atoms with van der Waals surface area (Å²) in [6.07, 6.45) is 2.42. The van der Waals surface area contributed by atoms with Crippen LogP contribution in [0, 0.1) is 6.92 Å². The van der Waals surface area contributed by atoms with Crippen LogP contribution in [0.3, 0.4) is 0 Å². The summed E-state index contributed by atoms with van der Waals surface area (Å²) in [6, 6.07) is 8.35. The van der Waals surface area contributed by atoms with E-state index in [1.807, 2.05) is 6.92 Å². The SMILES string of the molecule is CCC1(C(=O)O)CCCN1Cc1ccc(C)cc1. The van der Waals surface area contributed by atoms with Crippen molar-refractivity contribution >= 4 is 5.97 Å². The molecule has 2 rings (SSSR count). The fourth-order valence-corrected chi connectivity index (χ4v) is 2.87. The minimum absolute atomic E-state index is 0.648. The molecule has 1 unspecified atom stereocenters. The molecule has 18 heavy (non-hydrogen) atoms. The number of hydrogen-bond donors (Lipinski definition) is 1. The van der Waals surface area contributed by atoms with Gasteiger partial charge in [-0.1, -0.05) is 36.8 Å². The first-order valence-electron chi connectivity index (χ1n) is 6.62. The molecule has 1 aliphatic rings. The highest BCUT2D eigenvalue weighted by molar-refractivity contribution is 5.79. The molecule has 1 saturated heterocycles. The van der Waals surface area contributed by atoms with Crippen LogP contribution in [-0.4, -0.2) is 28.1 Å². The highest BCUT2D eigenvalue weighted by atomic mass is 16.4. The van der Waals surface area contributed by atoms with Crippen molar-refractivity contribution in [1.29, 1.82) is 0 Å². The van der Waals surface area contributed by atoms with E-state index in [-0.39, 0.29) is 0 Å². The topological polar surface area (TPSA) is 40.5 Å². The predicted molar refractivity (Wildman–Crippen MR) is 71.5 cm³/mol. The quantitative estimate of drug-likeness (QED) is 0.889. The molecule has 3 heteroatoms. The Morgan fingerprint density at radius 3 is 2.61 bits per heavy atom. The lowest BCUT2D eigenvalue weighted by molar-refractivity contribution is -0.150. The Balaban J connectivity index is 2.17. The zero-order chi connectivity index (χ0) is 13.2. The number of aryl methyl sites for hydroxylation is 1. The van der Waals surface area contributed by atoms with Crippen LogP contribution in [0.4, 0.5) is 0 Å². The minimum atomic E-state index is -0.672. The van der Waals surface area contributed by atoms with Gasteiger partial charge in [-0.25, -0.2) is 0 Å². The van der Waals surface area contributed by atoms with Gasteiger partial charge in [0.1, 0.15) is 5.54 Å². The fourth-order valence-electron chi connectivity index (χ4n) is 2.87. The number of carbonyl (C=O) groups is 1. The number of likely N-dealkylation sites (tertiary alicyclic amines) is 1. The lowest BCUT2D eigenvalue weighted by Crippen LogP contribution is -2.49. The molecule has 0 saturated carbocycles. The van der Waals surface area contributed by atoms with Crippen molar-refractivity contribution in [2.45, 2.75) is 45.2 Å². The maximum atomic E-state index is 11.6. The number of rotatable bonds is 4. The first kappa shape index (κ1) is 13.1. The standard InChI is InChI=1S/C15H21NO2/c1-3-15(14(17)18)9-4-10-16(15)11-13-7-5-12(2)6-8-13/h5-8H,3-4,9-11H2,1-2H3,(H,17,18). The van der Waals surface area contributed by atoms with E-state index in [2.05, 4.69) is 36.1 Å². The summed E-state index contributed by atoms with van der Waals surface area (Å²) in [7, 11) is 0. The molecule has 0 bridgehead atoms. The molecule has 0 amide bonds. The monoisotopic (exact) mass is 247 g/mol. The highest BCUT2D eigenvalue weighted by Crippen LogP contribution is 2.34. The number of carboxylic acids is 1. The van der Waals surface area contributed by atoms with Gasteiger partial charge in [0, 0.05) is 6.54 Å². The summed E-state index contributed by atoms with van der Waals surface area (Å²) < 4.78 is 0. The van der Waals surface area contributed by atoms with Crippen molar-refractivity contribution in [2.24, 2.45) is 0 Å². The van der Waals surface area contributed by atoms with Crippen LogP contribution >= 0.6 is 0 Å². The fraction of sp³-hybridized carbons (Fsp3) is 0.533. The molecule has 1 aromatic rings. The van der Waals surface area contributed by atoms with E-state index >= 15 is 0 Å². The largest absolute Gasteiger partial charge is 0.480 e. The van der Waals surface area contributed by atoms with Gasteiger partial charge in [0.2, 0.25) is 0 Å². The third kappa shape index (κ3) is 2.27. The summed E-state index contributed by atoms with van der Waals surface area (Å²) in [6.45, 7) is 5.66. The second-order valence-electron chi connectivity index (χ2n) is 5.20. The molecule has 1 aromatic carbocycles. The second-order valence-corrected chi connectivity index (χ2v) is 5.20. The summed E-state index contributed by atoms with van der Waals surface area (Å²) in [5, 5.41) is 9.51. The molecule has 0 aromatic heterocycles. The molecule has 3 nitrogen and oxygen atoms in total. The van der Waals surface area contributed by atoms with Gasteiger partial charge in [-0.2, -0.15) is 0 Å². The Morgan fingerprint density at radius 1 is 1.39 bits per heavy atom. The average Bonchev–Trinajstić information content (AvgIpc) is 2.76. The van der Waals surface area contributed by atoms with Gasteiger partial charge in [0.15, 0.2) is 0 Å². The summed E-state index contributed by atoms with van der Waals surface area (Å²) in [4.78, 5) is 13.7. The summed E-state index contributed by atoms with van der Waals surface area (Å²) in [5.41, 5.74) is 1.78. The minimum Gasteiger partial charge on any atom is -0.480 e. The van der Waals surface area contributed by atoms with Gasteiger partial charge < -0.3 is 5.11 Å². The van der Waals surface area contributed by atoms with Crippen molar-refractivity contribution in [2.75, 3.05) is 6.54 Å². The lowest BCUT2D eigenvalue weighted by Gasteiger charge is -2.33. The van der Waals surface area contributed by atoms with Gasteiger partial charge in [-0.3, -0.25) is 9.69 Å². The van der Waals surface area contributed by atoms with Gasteiger partial charge in [-0.05, 0) is 38.3 Å². The molecular formula is C15H21NO2. The van der Waals surface area contributed by atoms with Crippen LogP contribution in [-0.2, 0) is 11.3 Å². The third-order valence-electron chi connectivity index (χ3n) is 4.10. The van der Waals surface area contributed by atoms with Crippen molar-refractivity contribution in [1.82, 2.24) is 4.90 Å². The molecule has 1 N–H and O–H groups in total. The molecule has 1 heterocycles. The van der Waals surface area contributed by atoms with E-state index in [9.17, 15) is 9.90 Å². The van der Waals surface area contributed by atoms with E-state index in [1.165, 1.54) is 11.1 Å². The van der Waals surface area contributed by atoms with Crippen molar-refractivity contribution < 1.29 is 9.90 Å². The Morgan fingerprint density at radius 2 is 2.06 bits per heavy atom. The molecule has 0 aliphatic carbocycles. The Bertz CT molecular complexity index is 427. The van der Waals surface area contributed by atoms with Crippen LogP contribution in [0.15, 0.2) is 24.3 Å². The number of carboxylic acid groups (broad SMARTS) is 1. The zero-order valence-corrected chi connectivity index (χ0v) is 11.1. The summed E-state index contributed by atoms with van der Waals surface area (Å²) in [5.74, 6) is -0.672. The van der Waals surface area contributed by atoms with Crippen molar-refractivity contribution in [3.8, 4) is 0 Å². The van der Waals surface area contributed by atoms with E-state index in [4.69, 9.17) is 0 Å². The van der Waals surface area contributed by atoms with Crippen molar-refractivity contribution in [3.63, 3.8) is 0 Å². The molecule has 0 spiro atoms. The van der Waals surface area contributed by atoms with Gasteiger partial charge in [0.05, 0.1) is 0 Å². The summed E-state index contributed by atoms with van der Waals surface area (Å²) >= 11 is 0. The third-order valence-corrected chi connectivity index (χ3v) is 4.10. The molecular weight excluding hydrogens is 226 g/mol. The maximum Gasteiger partial charge on any atom is 0.324 e. The lowest BCUT2D eigenvalue weighted by atomic mass is 9.92. The van der Waals surface area contributed by atoms with E-state index < -0.39 is 11.5 Å². The highest BCUT2D eigenvalue weighted by Gasteiger charge is 2.45. The Kier molecular flexibility index (Phi) is 3.71. The first-order chi connectivity index (χ1) is 8.58. The Labute approximate surface area is 108 Å². The molecule has 1 fully saturated rings. The average molecular weight is 247 g/mol. The first-order valence-corrected chi connectivity index (χ1v) is 6.62. The van der Waals surface area contributed by atoms with Crippen molar-refractivity contribution in [3.05, 3.63) is 35.4 Å². The number of nitrogens with zero attached hydrogens (tertiary/aromatic N) is 1. The van der Waals surface area contributed by atoms with Crippen LogP contribution in [0.1, 0.15) is 37.3 Å². The van der Waals surface area contributed by atoms with Gasteiger partial charge in [0.25, 0.3) is 0 Å². The van der Waals surface area contributed by atoms with Crippen LogP contribution < -0.4 is 0 Å². The molecule has 1 atom stereocenters. The zero-order valence-electron chi connectivity index (χ0n) is 11.1. The Hall–Kier alpha value is -1.35. The number of benzene rings is 1. The molecule has 0 radical (unpaired) electrons. The van der Waals surface area contributed by atoms with Gasteiger partial charge >= 0.3 is 5.97 Å². The maximum absolute atomic E-state index is 11.6. The van der Waals surface area contributed by atoms with E-state index in [1.54, 1.807) is 0 Å². The van der Waals surface area contributed by atoms with E-state index in [0.29, 0.717) is 6.42 Å². The normalized spacial score (nSPS) is 24.3. The number of hydrogen-bond acceptors (Lipinski definition) is 2. The smallest absolute Gasteiger partial charge is 0.324 e. The van der Waals surface area contributed by atoms with Gasteiger partial charge in [-0.15, -0.1) is 0 Å². The number of aliphatic carboxylic acids is 1. The predicted octanol–water partition coefficient (Wildman–Crippen LogP) is 2.82. The van der Waals surface area contributed by atoms with Crippen LogP contribution in [0.2, 0.25) is 0 Å². The second kappa shape index (κ2) is 5.11. The van der Waals surface area contributed by atoms with Crippen LogP contribution in [0.5, 0.6) is 0 Å². The van der Waals surface area contributed by atoms with E-state index in [0.717, 1.165) is 25.9 Å². The molecule has 1 aliphatic heterocycles.